The second-order valence-corrected chi connectivity index (χ2v) is 6.85. The van der Waals surface area contributed by atoms with Crippen LogP contribution in [0.25, 0.3) is 0 Å². The van der Waals surface area contributed by atoms with Crippen LogP contribution in [0.15, 0.2) is 35.5 Å². The lowest BCUT2D eigenvalue weighted by Crippen LogP contribution is -2.50. The van der Waals surface area contributed by atoms with Crippen LogP contribution in [0.4, 0.5) is 4.79 Å². The minimum atomic E-state index is -0.385. The van der Waals surface area contributed by atoms with E-state index in [4.69, 9.17) is 10.00 Å². The summed E-state index contributed by atoms with van der Waals surface area (Å²) < 4.78 is 5.10. The van der Waals surface area contributed by atoms with Crippen molar-refractivity contribution in [3.05, 3.63) is 46.7 Å². The van der Waals surface area contributed by atoms with Gasteiger partial charge in [0, 0.05) is 45.0 Å². The zero-order valence-electron chi connectivity index (χ0n) is 16.0. The Balaban J connectivity index is 1.55. The fourth-order valence-corrected chi connectivity index (χ4v) is 3.35. The molecule has 2 amide bonds. The summed E-state index contributed by atoms with van der Waals surface area (Å²) in [5, 5.41) is 14.3. The van der Waals surface area contributed by atoms with Crippen molar-refractivity contribution in [1.82, 2.24) is 20.4 Å². The van der Waals surface area contributed by atoms with Gasteiger partial charge in [0.15, 0.2) is 0 Å². The van der Waals surface area contributed by atoms with E-state index in [2.05, 4.69) is 26.5 Å². The van der Waals surface area contributed by atoms with Crippen LogP contribution in [0.5, 0.6) is 0 Å². The Bertz CT molecular complexity index is 789. The molecule has 28 heavy (non-hydrogen) atoms. The highest BCUT2D eigenvalue weighted by atomic mass is 16.5. The van der Waals surface area contributed by atoms with Crippen molar-refractivity contribution in [3.8, 4) is 6.07 Å². The number of rotatable bonds is 6. The normalized spacial score (nSPS) is 18.2. The molecule has 1 aromatic carbocycles. The molecule has 148 valence electrons. The molecule has 0 radical (unpaired) electrons. The molecular formula is C20H25N5O3. The third-order valence-electron chi connectivity index (χ3n) is 4.91. The highest BCUT2D eigenvalue weighted by Crippen LogP contribution is 2.13. The Kier molecular flexibility index (Phi) is 6.63. The molecule has 1 aromatic rings. The second kappa shape index (κ2) is 9.35. The van der Waals surface area contributed by atoms with Gasteiger partial charge in [0.25, 0.3) is 0 Å². The topological polar surface area (TPSA) is 97.7 Å². The third kappa shape index (κ3) is 5.09. The first-order valence-corrected chi connectivity index (χ1v) is 9.46. The number of hydrogen-bond acceptors (Lipinski definition) is 6. The van der Waals surface area contributed by atoms with E-state index in [0.29, 0.717) is 30.0 Å². The number of ether oxygens (including phenoxy) is 1. The van der Waals surface area contributed by atoms with Crippen LogP contribution >= 0.6 is 0 Å². The van der Waals surface area contributed by atoms with Gasteiger partial charge in [-0.25, -0.2) is 9.59 Å². The summed E-state index contributed by atoms with van der Waals surface area (Å²) in [6.45, 7) is 7.11. The number of nitriles is 1. The van der Waals surface area contributed by atoms with Crippen LogP contribution in [0, 0.1) is 11.3 Å². The summed E-state index contributed by atoms with van der Waals surface area (Å²) in [5.74, 6) is -0.385. The average molecular weight is 383 g/mol. The van der Waals surface area contributed by atoms with Crippen molar-refractivity contribution < 1.29 is 14.3 Å². The van der Waals surface area contributed by atoms with Gasteiger partial charge in [-0.1, -0.05) is 12.1 Å². The zero-order valence-corrected chi connectivity index (χ0v) is 16.0. The molecule has 2 aliphatic rings. The molecule has 2 heterocycles. The SMILES string of the molecule is CCOC(=O)C1=C(CN2CCN(Cc3ccc(C#N)cc3)CC2)NC(=O)NC1. The summed E-state index contributed by atoms with van der Waals surface area (Å²) in [5.41, 5.74) is 2.97. The maximum Gasteiger partial charge on any atom is 0.337 e. The van der Waals surface area contributed by atoms with Gasteiger partial charge in [0.2, 0.25) is 0 Å². The molecule has 0 bridgehead atoms. The molecule has 8 nitrogen and oxygen atoms in total. The predicted octanol–water partition coefficient (Wildman–Crippen LogP) is 0.806. The van der Waals surface area contributed by atoms with Gasteiger partial charge >= 0.3 is 12.0 Å². The molecule has 0 aliphatic carbocycles. The van der Waals surface area contributed by atoms with E-state index >= 15 is 0 Å². The molecule has 8 heteroatoms. The van der Waals surface area contributed by atoms with E-state index in [1.54, 1.807) is 6.92 Å². The van der Waals surface area contributed by atoms with E-state index in [1.807, 2.05) is 24.3 Å². The molecule has 0 unspecified atom stereocenters. The molecule has 1 saturated heterocycles. The number of hydrogen-bond donors (Lipinski definition) is 2. The van der Waals surface area contributed by atoms with E-state index in [1.165, 1.54) is 5.56 Å². The lowest BCUT2D eigenvalue weighted by atomic mass is 10.1. The Morgan fingerprint density at radius 2 is 1.79 bits per heavy atom. The lowest BCUT2D eigenvalue weighted by molar-refractivity contribution is -0.138. The van der Waals surface area contributed by atoms with Crippen LogP contribution in [-0.2, 0) is 16.1 Å². The van der Waals surface area contributed by atoms with Crippen molar-refractivity contribution in [1.29, 1.82) is 5.26 Å². The number of carbonyl (C=O) groups excluding carboxylic acids is 2. The molecular weight excluding hydrogens is 358 g/mol. The van der Waals surface area contributed by atoms with Crippen LogP contribution in [0.2, 0.25) is 0 Å². The van der Waals surface area contributed by atoms with Gasteiger partial charge in [-0.15, -0.1) is 0 Å². The average Bonchev–Trinajstić information content (AvgIpc) is 2.70. The predicted molar refractivity (Wildman–Crippen MR) is 103 cm³/mol. The first-order valence-electron chi connectivity index (χ1n) is 9.46. The molecule has 0 saturated carbocycles. The molecule has 0 atom stereocenters. The standard InChI is InChI=1S/C20H25N5O3/c1-2-28-19(26)17-12-22-20(27)23-18(17)14-25-9-7-24(8-10-25)13-16-5-3-15(11-21)4-6-16/h3-6H,2,7-10,12-14H2,1H3,(H2,22,23,27). The smallest absolute Gasteiger partial charge is 0.337 e. The molecule has 2 aliphatic heterocycles. The van der Waals surface area contributed by atoms with Gasteiger partial charge in [0.1, 0.15) is 0 Å². The monoisotopic (exact) mass is 383 g/mol. The first-order chi connectivity index (χ1) is 13.6. The summed E-state index contributed by atoms with van der Waals surface area (Å²) in [6.07, 6.45) is 0. The Labute approximate surface area is 164 Å². The van der Waals surface area contributed by atoms with Gasteiger partial charge in [-0.05, 0) is 24.6 Å². The van der Waals surface area contributed by atoms with Crippen molar-refractivity contribution in [2.24, 2.45) is 0 Å². The molecule has 0 aromatic heterocycles. The molecule has 0 spiro atoms. The third-order valence-corrected chi connectivity index (χ3v) is 4.91. The minimum absolute atomic E-state index is 0.193. The zero-order chi connectivity index (χ0) is 19.9. The summed E-state index contributed by atoms with van der Waals surface area (Å²) in [7, 11) is 0. The minimum Gasteiger partial charge on any atom is -0.463 e. The fraction of sp³-hybridized carbons (Fsp3) is 0.450. The van der Waals surface area contributed by atoms with E-state index in [-0.39, 0.29) is 18.5 Å². The summed E-state index contributed by atoms with van der Waals surface area (Å²) in [4.78, 5) is 28.4. The maximum absolute atomic E-state index is 12.1. The number of nitrogens with one attached hydrogen (secondary N) is 2. The highest BCUT2D eigenvalue weighted by Gasteiger charge is 2.26. The van der Waals surface area contributed by atoms with Crippen LogP contribution in [0.3, 0.4) is 0 Å². The Morgan fingerprint density at radius 3 is 2.39 bits per heavy atom. The van der Waals surface area contributed by atoms with Crippen molar-refractivity contribution in [2.45, 2.75) is 13.5 Å². The van der Waals surface area contributed by atoms with Crippen LogP contribution < -0.4 is 10.6 Å². The highest BCUT2D eigenvalue weighted by molar-refractivity contribution is 5.93. The number of amides is 2. The number of piperazine rings is 1. The van der Waals surface area contributed by atoms with E-state index < -0.39 is 0 Å². The van der Waals surface area contributed by atoms with Gasteiger partial charge in [-0.3, -0.25) is 9.80 Å². The number of carbonyl (C=O) groups is 2. The summed E-state index contributed by atoms with van der Waals surface area (Å²) in [6, 6.07) is 9.51. The van der Waals surface area contributed by atoms with Gasteiger partial charge in [0.05, 0.1) is 30.4 Å². The molecule has 2 N–H and O–H groups in total. The van der Waals surface area contributed by atoms with Gasteiger partial charge < -0.3 is 15.4 Å². The lowest BCUT2D eigenvalue weighted by Gasteiger charge is -2.36. The Hall–Kier alpha value is -2.89. The quantitative estimate of drug-likeness (QED) is 0.706. The van der Waals surface area contributed by atoms with Crippen molar-refractivity contribution in [2.75, 3.05) is 45.9 Å². The van der Waals surface area contributed by atoms with Crippen LogP contribution in [-0.4, -0.2) is 67.7 Å². The number of esters is 1. The van der Waals surface area contributed by atoms with Crippen molar-refractivity contribution >= 4 is 12.0 Å². The van der Waals surface area contributed by atoms with Crippen LogP contribution in [0.1, 0.15) is 18.1 Å². The van der Waals surface area contributed by atoms with E-state index in [9.17, 15) is 9.59 Å². The maximum atomic E-state index is 12.1. The summed E-state index contributed by atoms with van der Waals surface area (Å²) >= 11 is 0. The number of benzene rings is 1. The molecule has 3 rings (SSSR count). The van der Waals surface area contributed by atoms with Gasteiger partial charge in [-0.2, -0.15) is 5.26 Å². The largest absolute Gasteiger partial charge is 0.463 e. The van der Waals surface area contributed by atoms with Crippen molar-refractivity contribution in [3.63, 3.8) is 0 Å². The molecule has 1 fully saturated rings. The fourth-order valence-electron chi connectivity index (χ4n) is 3.35. The number of nitrogens with zero attached hydrogens (tertiary/aromatic N) is 3. The first kappa shape index (κ1) is 19.9. The number of urea groups is 1. The Morgan fingerprint density at radius 1 is 1.14 bits per heavy atom. The van der Waals surface area contributed by atoms with E-state index in [0.717, 1.165) is 32.7 Å². The second-order valence-electron chi connectivity index (χ2n) is 6.85.